The lowest BCUT2D eigenvalue weighted by Gasteiger charge is -2.20. The second-order valence-corrected chi connectivity index (χ2v) is 6.30. The Kier molecular flexibility index (Phi) is 3.27. The van der Waals surface area contributed by atoms with Crippen LogP contribution in [-0.2, 0) is 7.05 Å². The average molecular weight is 275 g/mol. The van der Waals surface area contributed by atoms with Crippen LogP contribution in [0.2, 0.25) is 0 Å². The first-order valence-corrected chi connectivity index (χ1v) is 7.62. The molecule has 2 aromatic rings. The Morgan fingerprint density at radius 2 is 2.00 bits per heavy atom. The Hall–Kier alpha value is -1.42. The summed E-state index contributed by atoms with van der Waals surface area (Å²) in [4.78, 5) is 24.1. The predicted octanol–water partition coefficient (Wildman–Crippen LogP) is 3.36. The first-order chi connectivity index (χ1) is 9.16. The van der Waals surface area contributed by atoms with Crippen LogP contribution in [0, 0.1) is 5.92 Å². The molecule has 0 saturated heterocycles. The number of benzene rings is 1. The Morgan fingerprint density at radius 3 is 2.74 bits per heavy atom. The van der Waals surface area contributed by atoms with Crippen molar-refractivity contribution in [1.82, 2.24) is 4.57 Å². The maximum atomic E-state index is 12.5. The number of nitrogens with zero attached hydrogens (tertiary/aromatic N) is 1. The number of hydrogen-bond acceptors (Lipinski definition) is 3. The predicted molar refractivity (Wildman–Crippen MR) is 78.0 cm³/mol. The summed E-state index contributed by atoms with van der Waals surface area (Å²) in [6.45, 7) is 0. The van der Waals surface area contributed by atoms with Gasteiger partial charge < -0.3 is 4.57 Å². The Bertz CT molecular complexity index is 677. The standard InChI is InChI=1S/C15H17NO2S/c1-16-12-8-7-11(9-13(12)19-15(16)18)14(17)10-5-3-2-4-6-10/h7-10H,2-6H2,1H3. The monoisotopic (exact) mass is 275 g/mol. The summed E-state index contributed by atoms with van der Waals surface area (Å²) in [5.74, 6) is 0.441. The van der Waals surface area contributed by atoms with Crippen LogP contribution < -0.4 is 4.87 Å². The molecular weight excluding hydrogens is 258 g/mol. The number of carbonyl (C=O) groups is 1. The number of aromatic nitrogens is 1. The molecule has 1 saturated carbocycles. The van der Waals surface area contributed by atoms with Crippen LogP contribution in [0.5, 0.6) is 0 Å². The summed E-state index contributed by atoms with van der Waals surface area (Å²) in [5, 5.41) is 0. The lowest BCUT2D eigenvalue weighted by Crippen LogP contribution is -2.17. The molecule has 19 heavy (non-hydrogen) atoms. The van der Waals surface area contributed by atoms with Crippen molar-refractivity contribution in [3.8, 4) is 0 Å². The highest BCUT2D eigenvalue weighted by atomic mass is 32.1. The van der Waals surface area contributed by atoms with E-state index in [-0.39, 0.29) is 16.6 Å². The Balaban J connectivity index is 1.96. The normalized spacial score (nSPS) is 16.9. The van der Waals surface area contributed by atoms with Gasteiger partial charge in [-0.3, -0.25) is 9.59 Å². The summed E-state index contributed by atoms with van der Waals surface area (Å²) in [5.41, 5.74) is 1.68. The van der Waals surface area contributed by atoms with Crippen LogP contribution in [0.3, 0.4) is 0 Å². The molecule has 100 valence electrons. The van der Waals surface area contributed by atoms with Crippen LogP contribution in [0.15, 0.2) is 23.0 Å². The van der Waals surface area contributed by atoms with Crippen molar-refractivity contribution < 1.29 is 4.79 Å². The van der Waals surface area contributed by atoms with Crippen LogP contribution in [0.1, 0.15) is 42.5 Å². The van der Waals surface area contributed by atoms with Crippen LogP contribution in [0.4, 0.5) is 0 Å². The summed E-state index contributed by atoms with van der Waals surface area (Å²) in [7, 11) is 1.77. The average Bonchev–Trinajstić information content (AvgIpc) is 2.74. The maximum Gasteiger partial charge on any atom is 0.307 e. The number of hydrogen-bond donors (Lipinski definition) is 0. The summed E-state index contributed by atoms with van der Waals surface area (Å²) in [6.07, 6.45) is 5.61. The minimum atomic E-state index is 0.0252. The number of aryl methyl sites for hydroxylation is 1. The third-order valence-corrected chi connectivity index (χ3v) is 5.05. The van der Waals surface area contributed by atoms with Gasteiger partial charge in [-0.15, -0.1) is 0 Å². The molecule has 0 aliphatic heterocycles. The third-order valence-electron chi connectivity index (χ3n) is 4.05. The molecule has 0 N–H and O–H groups in total. The SMILES string of the molecule is Cn1c(=O)sc2cc(C(=O)C3CCCCC3)ccc21. The fourth-order valence-electron chi connectivity index (χ4n) is 2.89. The molecule has 0 bridgehead atoms. The molecule has 0 spiro atoms. The van der Waals surface area contributed by atoms with Crippen molar-refractivity contribution in [2.45, 2.75) is 32.1 Å². The molecule has 1 aliphatic rings. The van der Waals surface area contributed by atoms with Crippen molar-refractivity contribution in [3.63, 3.8) is 0 Å². The van der Waals surface area contributed by atoms with Crippen LogP contribution >= 0.6 is 11.3 Å². The summed E-state index contributed by atoms with van der Waals surface area (Å²) in [6, 6.07) is 5.65. The van der Waals surface area contributed by atoms with Gasteiger partial charge in [0.15, 0.2) is 5.78 Å². The molecular formula is C15H17NO2S. The van der Waals surface area contributed by atoms with Crippen molar-refractivity contribution in [2.75, 3.05) is 0 Å². The Morgan fingerprint density at radius 1 is 1.26 bits per heavy atom. The molecule has 0 unspecified atom stereocenters. The molecule has 0 radical (unpaired) electrons. The molecule has 1 aromatic carbocycles. The number of rotatable bonds is 2. The van der Waals surface area contributed by atoms with Gasteiger partial charge in [-0.1, -0.05) is 30.6 Å². The van der Waals surface area contributed by atoms with E-state index in [1.807, 2.05) is 18.2 Å². The lowest BCUT2D eigenvalue weighted by molar-refractivity contribution is 0.0889. The highest BCUT2D eigenvalue weighted by molar-refractivity contribution is 7.16. The van der Waals surface area contributed by atoms with Crippen molar-refractivity contribution in [2.24, 2.45) is 13.0 Å². The molecule has 0 amide bonds. The molecule has 4 heteroatoms. The van der Waals surface area contributed by atoms with Crippen molar-refractivity contribution in [3.05, 3.63) is 33.4 Å². The van der Waals surface area contributed by atoms with Gasteiger partial charge in [-0.05, 0) is 31.0 Å². The van der Waals surface area contributed by atoms with E-state index >= 15 is 0 Å². The fourth-order valence-corrected chi connectivity index (χ4v) is 3.81. The third kappa shape index (κ3) is 2.25. The number of ketones is 1. The highest BCUT2D eigenvalue weighted by Gasteiger charge is 2.22. The first-order valence-electron chi connectivity index (χ1n) is 6.80. The fraction of sp³-hybridized carbons (Fsp3) is 0.467. The minimum Gasteiger partial charge on any atom is -0.302 e. The molecule has 1 fully saturated rings. The van der Waals surface area contributed by atoms with E-state index in [2.05, 4.69) is 0 Å². The number of fused-ring (bicyclic) bond motifs is 1. The first kappa shape index (κ1) is 12.6. The molecule has 0 atom stereocenters. The van der Waals surface area contributed by atoms with E-state index in [4.69, 9.17) is 0 Å². The largest absolute Gasteiger partial charge is 0.307 e. The number of thiazole rings is 1. The zero-order chi connectivity index (χ0) is 13.4. The van der Waals surface area contributed by atoms with Crippen LogP contribution in [-0.4, -0.2) is 10.4 Å². The number of Topliss-reactive ketones (excluding diaryl/α,β-unsaturated/α-hetero) is 1. The lowest BCUT2D eigenvalue weighted by atomic mass is 9.84. The topological polar surface area (TPSA) is 39.1 Å². The van der Waals surface area contributed by atoms with E-state index in [9.17, 15) is 9.59 Å². The maximum absolute atomic E-state index is 12.5. The zero-order valence-electron chi connectivity index (χ0n) is 11.0. The van der Waals surface area contributed by atoms with Gasteiger partial charge in [0.25, 0.3) is 0 Å². The van der Waals surface area contributed by atoms with Gasteiger partial charge in [0.05, 0.1) is 10.2 Å². The van der Waals surface area contributed by atoms with E-state index in [0.29, 0.717) is 0 Å². The van der Waals surface area contributed by atoms with Gasteiger partial charge in [0, 0.05) is 18.5 Å². The van der Waals surface area contributed by atoms with Crippen LogP contribution in [0.25, 0.3) is 10.2 Å². The second kappa shape index (κ2) is 4.93. The van der Waals surface area contributed by atoms with Crippen molar-refractivity contribution in [1.29, 1.82) is 0 Å². The van der Waals surface area contributed by atoms with Gasteiger partial charge in [-0.25, -0.2) is 0 Å². The Labute approximate surface area is 115 Å². The smallest absolute Gasteiger partial charge is 0.302 e. The second-order valence-electron chi connectivity index (χ2n) is 5.31. The van der Waals surface area contributed by atoms with Gasteiger partial charge in [0.1, 0.15) is 0 Å². The van der Waals surface area contributed by atoms with E-state index in [1.54, 1.807) is 11.6 Å². The van der Waals surface area contributed by atoms with E-state index < -0.39 is 0 Å². The molecule has 1 aromatic heterocycles. The van der Waals surface area contributed by atoms with E-state index in [1.165, 1.54) is 17.8 Å². The van der Waals surface area contributed by atoms with Gasteiger partial charge in [0.2, 0.25) is 0 Å². The highest BCUT2D eigenvalue weighted by Crippen LogP contribution is 2.28. The molecule has 3 rings (SSSR count). The summed E-state index contributed by atoms with van der Waals surface area (Å²) >= 11 is 1.21. The summed E-state index contributed by atoms with van der Waals surface area (Å²) < 4.78 is 2.55. The molecule has 1 aliphatic carbocycles. The zero-order valence-corrected chi connectivity index (χ0v) is 11.8. The van der Waals surface area contributed by atoms with E-state index in [0.717, 1.165) is 41.5 Å². The quantitative estimate of drug-likeness (QED) is 0.788. The molecule has 1 heterocycles. The number of carbonyl (C=O) groups excluding carboxylic acids is 1. The molecule has 3 nitrogen and oxygen atoms in total. The van der Waals surface area contributed by atoms with Gasteiger partial charge >= 0.3 is 4.87 Å². The van der Waals surface area contributed by atoms with Gasteiger partial charge in [-0.2, -0.15) is 0 Å². The minimum absolute atomic E-state index is 0.0252. The van der Waals surface area contributed by atoms with Crippen molar-refractivity contribution >= 4 is 27.3 Å².